The van der Waals surface area contributed by atoms with Crippen molar-refractivity contribution in [1.82, 2.24) is 19.8 Å². The van der Waals surface area contributed by atoms with E-state index in [1.54, 1.807) is 6.20 Å². The number of hydrogen-bond donors (Lipinski definition) is 3. The number of β-amino-alcohol motifs (C(OH)–C–C–N with tert-alkyl or cyclic N) is 1. The summed E-state index contributed by atoms with van der Waals surface area (Å²) >= 11 is 0. The fraction of sp³-hybridized carbons (Fsp3) is 0.238. The number of hydrogen-bond acceptors (Lipinski definition) is 6. The topological polar surface area (TPSA) is 109 Å². The van der Waals surface area contributed by atoms with Crippen LogP contribution in [0.4, 0.5) is 0 Å². The molecule has 2 amide bonds. The van der Waals surface area contributed by atoms with Gasteiger partial charge in [0.1, 0.15) is 24.7 Å². The van der Waals surface area contributed by atoms with E-state index in [0.717, 1.165) is 58.9 Å². The molecule has 51 heavy (non-hydrogen) atoms. The zero-order valence-electron chi connectivity index (χ0n) is 28.3. The van der Waals surface area contributed by atoms with E-state index in [9.17, 15) is 14.7 Å². The smallest absolute Gasteiger partial charge is 0.259 e. The lowest BCUT2D eigenvalue weighted by molar-refractivity contribution is -0.122. The number of aliphatic hydroxyl groups excluding tert-OH is 1. The van der Waals surface area contributed by atoms with Crippen LogP contribution in [0.2, 0.25) is 0 Å². The number of fused-ring (bicyclic) bond motifs is 2. The van der Waals surface area contributed by atoms with Gasteiger partial charge in [0.25, 0.3) is 11.8 Å². The van der Waals surface area contributed by atoms with Gasteiger partial charge in [0, 0.05) is 58.4 Å². The summed E-state index contributed by atoms with van der Waals surface area (Å²) in [5.41, 5.74) is 5.51. The molecule has 0 saturated carbocycles. The predicted octanol–water partition coefficient (Wildman–Crippen LogP) is 6.69. The highest BCUT2D eigenvalue weighted by atomic mass is 16.5. The average molecular weight is 681 g/mol. The summed E-state index contributed by atoms with van der Waals surface area (Å²) in [5, 5.41) is 15.4. The Balaban J connectivity index is 1.19. The SMILES string of the molecule is O=C1NC(=O)C(c2cn(CC(O)CN3CCCCC3)c3ccc(OCc4ccccc4)cc23)=C1c1c[nH]c2ccc(OCc3ccccc3)cc12. The van der Waals surface area contributed by atoms with Crippen LogP contribution in [0.1, 0.15) is 41.5 Å². The van der Waals surface area contributed by atoms with Gasteiger partial charge in [-0.1, -0.05) is 67.1 Å². The molecular weight excluding hydrogens is 640 g/mol. The van der Waals surface area contributed by atoms with Gasteiger partial charge < -0.3 is 29.0 Å². The number of nitrogens with zero attached hydrogens (tertiary/aromatic N) is 2. The Morgan fingerprint density at radius 1 is 0.686 bits per heavy atom. The number of piperidine rings is 1. The van der Waals surface area contributed by atoms with E-state index >= 15 is 0 Å². The van der Waals surface area contributed by atoms with Gasteiger partial charge >= 0.3 is 0 Å². The molecule has 9 heteroatoms. The summed E-state index contributed by atoms with van der Waals surface area (Å²) in [6.45, 7) is 3.66. The number of H-pyrrole nitrogens is 1. The van der Waals surface area contributed by atoms with Crippen molar-refractivity contribution in [3.8, 4) is 11.5 Å². The van der Waals surface area contributed by atoms with Crippen molar-refractivity contribution in [2.45, 2.75) is 45.1 Å². The molecule has 258 valence electrons. The van der Waals surface area contributed by atoms with Crippen molar-refractivity contribution >= 4 is 44.8 Å². The highest BCUT2D eigenvalue weighted by molar-refractivity contribution is 6.50. The van der Waals surface area contributed by atoms with Crippen molar-refractivity contribution in [1.29, 1.82) is 0 Å². The van der Waals surface area contributed by atoms with E-state index in [1.165, 1.54) is 6.42 Å². The third-order valence-electron chi connectivity index (χ3n) is 9.80. The van der Waals surface area contributed by atoms with Gasteiger partial charge in [-0.15, -0.1) is 0 Å². The molecule has 0 spiro atoms. The number of nitrogens with one attached hydrogen (secondary N) is 2. The number of carbonyl (C=O) groups is 2. The maximum atomic E-state index is 13.8. The first-order valence-electron chi connectivity index (χ1n) is 17.6. The number of rotatable bonds is 12. The van der Waals surface area contributed by atoms with Crippen molar-refractivity contribution in [2.24, 2.45) is 0 Å². The van der Waals surface area contributed by atoms with E-state index < -0.39 is 17.9 Å². The van der Waals surface area contributed by atoms with Crippen molar-refractivity contribution < 1.29 is 24.2 Å². The van der Waals surface area contributed by atoms with Gasteiger partial charge in [0.15, 0.2) is 0 Å². The number of benzene rings is 4. The predicted molar refractivity (Wildman–Crippen MR) is 198 cm³/mol. The number of aliphatic hydroxyl groups is 1. The summed E-state index contributed by atoms with van der Waals surface area (Å²) in [7, 11) is 0. The zero-order chi connectivity index (χ0) is 34.7. The van der Waals surface area contributed by atoms with E-state index in [4.69, 9.17) is 9.47 Å². The molecule has 6 aromatic rings. The molecule has 2 aliphatic heterocycles. The number of imide groups is 1. The van der Waals surface area contributed by atoms with E-state index in [2.05, 4.69) is 15.2 Å². The molecule has 4 aromatic carbocycles. The summed E-state index contributed by atoms with van der Waals surface area (Å²) in [4.78, 5) is 33.0. The van der Waals surface area contributed by atoms with Crippen LogP contribution in [0.25, 0.3) is 33.0 Å². The molecule has 1 atom stereocenters. The first-order valence-corrected chi connectivity index (χ1v) is 17.6. The summed E-state index contributed by atoms with van der Waals surface area (Å²) in [6.07, 6.45) is 6.56. The van der Waals surface area contributed by atoms with E-state index in [0.29, 0.717) is 48.9 Å². The molecule has 1 saturated heterocycles. The number of carbonyl (C=O) groups excluding carboxylic acids is 2. The number of likely N-dealkylation sites (tertiary alicyclic amines) is 1. The molecule has 9 nitrogen and oxygen atoms in total. The maximum Gasteiger partial charge on any atom is 0.259 e. The highest BCUT2D eigenvalue weighted by Gasteiger charge is 2.35. The Morgan fingerprint density at radius 2 is 1.29 bits per heavy atom. The van der Waals surface area contributed by atoms with Gasteiger partial charge in [0.05, 0.1) is 17.3 Å². The van der Waals surface area contributed by atoms with E-state index in [1.807, 2.05) is 108 Å². The molecule has 0 radical (unpaired) electrons. The number of aromatic nitrogens is 2. The van der Waals surface area contributed by atoms with Crippen LogP contribution in [-0.4, -0.2) is 57.1 Å². The Hall–Kier alpha value is -5.64. The van der Waals surface area contributed by atoms with Gasteiger partial charge in [-0.3, -0.25) is 14.9 Å². The lowest BCUT2D eigenvalue weighted by Gasteiger charge is -2.28. The standard InChI is InChI=1S/C42H40N4O5/c47-30(23-45-18-8-3-9-19-45)24-46-25-36(34-21-32(15-17-38(34)46)51-27-29-12-6-2-7-13-29)40-39(41(48)44-42(40)49)35-22-43-37-16-14-31(20-33(35)37)50-26-28-10-4-1-5-11-28/h1-2,4-7,10-17,20-22,25,30,43,47H,3,8-9,18-19,23-24,26-27H2,(H,44,48,49). The van der Waals surface area contributed by atoms with Gasteiger partial charge in [-0.05, 0) is 73.5 Å². The fourth-order valence-corrected chi connectivity index (χ4v) is 7.29. The second-order valence-corrected chi connectivity index (χ2v) is 13.4. The van der Waals surface area contributed by atoms with Crippen LogP contribution in [0.3, 0.4) is 0 Å². The normalized spacial score (nSPS) is 15.9. The zero-order valence-corrected chi connectivity index (χ0v) is 28.3. The van der Waals surface area contributed by atoms with Crippen molar-refractivity contribution in [3.05, 3.63) is 132 Å². The first kappa shape index (κ1) is 32.6. The molecule has 1 unspecified atom stereocenters. The monoisotopic (exact) mass is 680 g/mol. The quantitative estimate of drug-likeness (QED) is 0.124. The number of aromatic amines is 1. The lowest BCUT2D eigenvalue weighted by atomic mass is 9.95. The minimum absolute atomic E-state index is 0.283. The molecule has 4 heterocycles. The molecule has 0 aliphatic carbocycles. The largest absolute Gasteiger partial charge is 0.489 e. The Kier molecular flexibility index (Phi) is 9.13. The molecule has 0 bridgehead atoms. The molecule has 2 aromatic heterocycles. The summed E-state index contributed by atoms with van der Waals surface area (Å²) < 4.78 is 14.3. The van der Waals surface area contributed by atoms with Crippen LogP contribution in [0, 0.1) is 0 Å². The minimum atomic E-state index is -0.615. The summed E-state index contributed by atoms with van der Waals surface area (Å²) in [5.74, 6) is 0.357. The highest BCUT2D eigenvalue weighted by Crippen LogP contribution is 2.40. The first-order chi connectivity index (χ1) is 25.0. The second-order valence-electron chi connectivity index (χ2n) is 13.4. The third-order valence-corrected chi connectivity index (χ3v) is 9.80. The fourth-order valence-electron chi connectivity index (χ4n) is 7.29. The lowest BCUT2D eigenvalue weighted by Crippen LogP contribution is -2.37. The van der Waals surface area contributed by atoms with Crippen LogP contribution < -0.4 is 14.8 Å². The Labute approximate surface area is 296 Å². The van der Waals surface area contributed by atoms with Gasteiger partial charge in [-0.25, -0.2) is 0 Å². The molecular formula is C42H40N4O5. The second kappa shape index (κ2) is 14.3. The number of amides is 2. The van der Waals surface area contributed by atoms with Gasteiger partial charge in [0.2, 0.25) is 0 Å². The Bertz CT molecular complexity index is 2230. The molecule has 2 aliphatic rings. The van der Waals surface area contributed by atoms with Crippen LogP contribution >= 0.6 is 0 Å². The van der Waals surface area contributed by atoms with Crippen LogP contribution in [0.15, 0.2) is 109 Å². The molecule has 3 N–H and O–H groups in total. The van der Waals surface area contributed by atoms with E-state index in [-0.39, 0.29) is 11.1 Å². The maximum absolute atomic E-state index is 13.8. The minimum Gasteiger partial charge on any atom is -0.489 e. The van der Waals surface area contributed by atoms with Crippen LogP contribution in [0.5, 0.6) is 11.5 Å². The Morgan fingerprint density at radius 3 is 1.96 bits per heavy atom. The summed E-state index contributed by atoms with van der Waals surface area (Å²) in [6, 6.07) is 31.4. The van der Waals surface area contributed by atoms with Crippen molar-refractivity contribution in [3.63, 3.8) is 0 Å². The van der Waals surface area contributed by atoms with Crippen LogP contribution in [-0.2, 0) is 29.3 Å². The molecule has 8 rings (SSSR count). The number of ether oxygens (including phenoxy) is 2. The third kappa shape index (κ3) is 6.91. The average Bonchev–Trinajstić information content (AvgIpc) is 3.82. The van der Waals surface area contributed by atoms with Gasteiger partial charge in [-0.2, -0.15) is 0 Å². The molecule has 1 fully saturated rings. The van der Waals surface area contributed by atoms with Crippen molar-refractivity contribution in [2.75, 3.05) is 19.6 Å².